The lowest BCUT2D eigenvalue weighted by Gasteiger charge is -2.15. The van der Waals surface area contributed by atoms with Crippen molar-refractivity contribution in [2.75, 3.05) is 0 Å². The van der Waals surface area contributed by atoms with Crippen LogP contribution in [0, 0.1) is 0 Å². The van der Waals surface area contributed by atoms with Crippen LogP contribution in [0.1, 0.15) is 0 Å². The van der Waals surface area contributed by atoms with E-state index >= 15 is 0 Å². The number of hydrogen-bond donors (Lipinski definition) is 0. The molecule has 0 saturated carbocycles. The quantitative estimate of drug-likeness (QED) is 0.130. The fourth-order valence-electron chi connectivity index (χ4n) is 19.8. The smallest absolute Gasteiger partial charge is 0.160 e. The summed E-state index contributed by atoms with van der Waals surface area (Å²) in [5.41, 5.74) is 23.2. The third kappa shape index (κ3) is 13.3. The Hall–Kier alpha value is -17.8. The molecular weight excluding hydrogens is 1600 g/mol. The van der Waals surface area contributed by atoms with Gasteiger partial charge in [0.15, 0.2) is 5.82 Å². The van der Waals surface area contributed by atoms with E-state index in [1.807, 2.05) is 79.0 Å². The summed E-state index contributed by atoms with van der Waals surface area (Å²) in [6.45, 7) is 0. The van der Waals surface area contributed by atoms with Crippen LogP contribution in [0.3, 0.4) is 0 Å². The number of hydrogen-bond acceptors (Lipinski definition) is 9. The summed E-state index contributed by atoms with van der Waals surface area (Å²) >= 11 is 0. The summed E-state index contributed by atoms with van der Waals surface area (Å²) < 4.78 is 0. The molecule has 9 heteroatoms. The van der Waals surface area contributed by atoms with E-state index in [1.165, 1.54) is 97.0 Å². The van der Waals surface area contributed by atoms with Gasteiger partial charge in [0, 0.05) is 116 Å². The van der Waals surface area contributed by atoms with E-state index < -0.39 is 0 Å². The van der Waals surface area contributed by atoms with Gasteiger partial charge in [0.25, 0.3) is 0 Å². The maximum atomic E-state index is 5.43. The summed E-state index contributed by atoms with van der Waals surface area (Å²) in [7, 11) is 0. The minimum atomic E-state index is 0.727. The molecule has 0 saturated heterocycles. The highest BCUT2D eigenvalue weighted by atomic mass is 14.9. The van der Waals surface area contributed by atoms with Gasteiger partial charge >= 0.3 is 0 Å². The SMILES string of the molecule is c1ccc(-c2cccc(-c3ccc(-c4nc5c6ccccc6c6ccccc6c5c5ccccc45)cc3)n2)nc1.c1ccc(-c2nc(-c3ccc(-c4nc5c6ccccc6c6ccccc6c5c5ccccc45)cc3)c3ccccc3n2)cc1.c1cnc2c(c1)ccc1ccc(-c3ccc(-c4ccc(-c5nc6c7ccccc7c7ccccc7c6c6ccccc56)cc4)cc3)nc12. The number of rotatable bonds is 9. The molecule has 8 aromatic heterocycles. The molecule has 0 aliphatic heterocycles. The maximum Gasteiger partial charge on any atom is 0.160 e. The number of nitrogens with zero attached hydrogens (tertiary/aromatic N) is 9. The first-order chi connectivity index (χ1) is 65.5. The van der Waals surface area contributed by atoms with Gasteiger partial charge in [-0.25, -0.2) is 34.9 Å². The topological polar surface area (TPSA) is 116 Å². The molecule has 0 fully saturated rings. The minimum Gasteiger partial charge on any atom is -0.255 e. The number of pyridine rings is 7. The molecule has 0 N–H and O–H groups in total. The lowest BCUT2D eigenvalue weighted by molar-refractivity contribution is 1.23. The molecule has 612 valence electrons. The number of aromatic nitrogens is 9. The second-order valence-corrected chi connectivity index (χ2v) is 33.6. The Balaban J connectivity index is 0.000000107. The van der Waals surface area contributed by atoms with Crippen molar-refractivity contribution in [2.24, 2.45) is 0 Å². The van der Waals surface area contributed by atoms with Crippen molar-refractivity contribution in [3.63, 3.8) is 0 Å². The molecule has 9 nitrogen and oxygen atoms in total. The Morgan fingerprint density at radius 2 is 0.439 bits per heavy atom. The Morgan fingerprint density at radius 1 is 0.129 bits per heavy atom. The van der Waals surface area contributed by atoms with E-state index in [1.54, 1.807) is 6.20 Å². The van der Waals surface area contributed by atoms with E-state index in [0.29, 0.717) is 0 Å². The molecule has 132 heavy (non-hydrogen) atoms. The summed E-state index contributed by atoms with van der Waals surface area (Å²) in [5, 5.41) is 28.7. The molecule has 0 aliphatic rings. The third-order valence-electron chi connectivity index (χ3n) is 26.0. The van der Waals surface area contributed by atoms with Crippen LogP contribution in [0.15, 0.2) is 455 Å². The lowest BCUT2D eigenvalue weighted by atomic mass is 9.92. The molecule has 0 radical (unpaired) electrons. The van der Waals surface area contributed by atoms with Gasteiger partial charge in [-0.2, -0.15) is 0 Å². The molecule has 0 spiro atoms. The van der Waals surface area contributed by atoms with Crippen LogP contribution in [0.5, 0.6) is 0 Å². The van der Waals surface area contributed by atoms with Crippen molar-refractivity contribution in [3.05, 3.63) is 455 Å². The first-order valence-electron chi connectivity index (χ1n) is 44.6. The molecule has 27 rings (SSSR count). The van der Waals surface area contributed by atoms with Gasteiger partial charge in [0.1, 0.15) is 0 Å². The van der Waals surface area contributed by atoms with Crippen LogP contribution in [0.25, 0.3) is 264 Å². The van der Waals surface area contributed by atoms with Gasteiger partial charge in [0.05, 0.1) is 78.7 Å². The Bertz CT molecular complexity index is 9320. The highest BCUT2D eigenvalue weighted by molar-refractivity contribution is 6.34. The van der Waals surface area contributed by atoms with E-state index in [9.17, 15) is 0 Å². The standard InChI is InChI=1S/C45H27N3.C41H25N3.C37H23N3/c1-3-11-36-34(9-1)35-10-2-5-13-38(35)45-41(36)37-12-4-6-14-39(37)42(48-45)32-21-17-29(18-22-32)28-15-19-30(20-16-28)40-26-25-33-24-23-31-8-7-27-46-43(31)44(33)47-40;1-2-12-28(13-3-1)41-42-36-21-11-10-20-35(36)39(44-41)27-24-22-26(23-25-27)38-34-19-9-7-17-32(34)37-31-16-6-4-14-29(31)30-15-5-8-18-33(30)40(37)43-38;1-3-12-28-26(10-1)27-11-2-5-14-30(27)37-35(28)29-13-4-6-15-31(29)36(40-37)25-21-19-24(20-22-25)32-17-9-18-34(39-32)33-16-7-8-23-38-33/h1-27H;1-25H;1-23H. The number of fused-ring (bicyclic) bond motifs is 28. The molecule has 0 atom stereocenters. The van der Waals surface area contributed by atoms with Crippen LogP contribution in [-0.4, -0.2) is 44.9 Å². The normalized spacial score (nSPS) is 11.6. The Labute approximate surface area is 758 Å². The molecule has 8 heterocycles. The lowest BCUT2D eigenvalue weighted by Crippen LogP contribution is -1.95. The average molecular weight is 1680 g/mol. The fourth-order valence-corrected chi connectivity index (χ4v) is 19.8. The van der Waals surface area contributed by atoms with E-state index in [-0.39, 0.29) is 0 Å². The van der Waals surface area contributed by atoms with Gasteiger partial charge in [-0.1, -0.05) is 400 Å². The Kier molecular flexibility index (Phi) is 18.7. The Morgan fingerprint density at radius 3 is 0.871 bits per heavy atom. The minimum absolute atomic E-state index is 0.727. The molecule has 27 aromatic rings. The molecule has 19 aromatic carbocycles. The van der Waals surface area contributed by atoms with E-state index in [2.05, 4.69) is 380 Å². The van der Waals surface area contributed by atoms with Gasteiger partial charge in [-0.15, -0.1) is 0 Å². The van der Waals surface area contributed by atoms with Crippen LogP contribution in [0.4, 0.5) is 0 Å². The average Bonchev–Trinajstić information content (AvgIpc) is 0.727. The van der Waals surface area contributed by atoms with Crippen molar-refractivity contribution >= 4 is 162 Å². The first-order valence-corrected chi connectivity index (χ1v) is 44.6. The van der Waals surface area contributed by atoms with Crippen LogP contribution < -0.4 is 0 Å². The molecule has 0 unspecified atom stereocenters. The van der Waals surface area contributed by atoms with Gasteiger partial charge in [-0.05, 0) is 118 Å². The fraction of sp³-hybridized carbons (Fsp3) is 0. The second-order valence-electron chi connectivity index (χ2n) is 33.6. The van der Waals surface area contributed by atoms with Crippen molar-refractivity contribution in [1.29, 1.82) is 0 Å². The van der Waals surface area contributed by atoms with E-state index in [4.69, 9.17) is 34.9 Å². The van der Waals surface area contributed by atoms with Crippen molar-refractivity contribution < 1.29 is 0 Å². The van der Waals surface area contributed by atoms with Gasteiger partial charge in [0.2, 0.25) is 0 Å². The van der Waals surface area contributed by atoms with Crippen LogP contribution >= 0.6 is 0 Å². The summed E-state index contributed by atoms with van der Waals surface area (Å²) in [6.07, 6.45) is 3.63. The van der Waals surface area contributed by atoms with Crippen molar-refractivity contribution in [3.8, 4) is 101 Å². The summed E-state index contributed by atoms with van der Waals surface area (Å²) in [4.78, 5) is 45.2. The maximum absolute atomic E-state index is 5.43. The largest absolute Gasteiger partial charge is 0.255 e. The third-order valence-corrected chi connectivity index (χ3v) is 26.0. The summed E-state index contributed by atoms with van der Waals surface area (Å²) in [5.74, 6) is 0.727. The second kappa shape index (κ2) is 32.3. The van der Waals surface area contributed by atoms with Crippen LogP contribution in [-0.2, 0) is 0 Å². The molecule has 0 aliphatic carbocycles. The monoisotopic (exact) mass is 1680 g/mol. The van der Waals surface area contributed by atoms with Crippen LogP contribution in [0.2, 0.25) is 0 Å². The molecule has 0 amide bonds. The number of para-hydroxylation sites is 1. The predicted octanol–water partition coefficient (Wildman–Crippen LogP) is 31.9. The zero-order valence-electron chi connectivity index (χ0n) is 71.3. The molecule has 0 bridgehead atoms. The van der Waals surface area contributed by atoms with Gasteiger partial charge < -0.3 is 0 Å². The highest BCUT2D eigenvalue weighted by Crippen LogP contribution is 2.47. The van der Waals surface area contributed by atoms with E-state index in [0.717, 1.165) is 167 Å². The zero-order valence-corrected chi connectivity index (χ0v) is 71.3. The predicted molar refractivity (Wildman–Crippen MR) is 551 cm³/mol. The highest BCUT2D eigenvalue weighted by Gasteiger charge is 2.23. The number of benzene rings is 19. The molecular formula is C123H75N9. The van der Waals surface area contributed by atoms with Crippen molar-refractivity contribution in [2.45, 2.75) is 0 Å². The van der Waals surface area contributed by atoms with Crippen molar-refractivity contribution in [1.82, 2.24) is 44.9 Å². The zero-order chi connectivity index (χ0) is 87.1. The summed E-state index contributed by atoms with van der Waals surface area (Å²) in [6, 6.07) is 156. The van der Waals surface area contributed by atoms with Gasteiger partial charge in [-0.3, -0.25) is 9.97 Å². The first kappa shape index (κ1) is 76.6.